The second-order valence-electron chi connectivity index (χ2n) is 6.47. The number of amides is 2. The van der Waals surface area contributed by atoms with Crippen molar-refractivity contribution in [3.05, 3.63) is 24.3 Å². The number of morpholine rings is 1. The molecule has 5 nitrogen and oxygen atoms in total. The Balaban J connectivity index is 1.60. The van der Waals surface area contributed by atoms with Crippen molar-refractivity contribution in [3.63, 3.8) is 0 Å². The molecule has 2 amide bonds. The van der Waals surface area contributed by atoms with Crippen LogP contribution in [-0.2, 0) is 14.3 Å². The zero-order valence-electron chi connectivity index (χ0n) is 13.6. The molecule has 0 bridgehead atoms. The Hall–Kier alpha value is -1.88. The lowest BCUT2D eigenvalue weighted by molar-refractivity contribution is -0.125. The molecule has 2 aliphatic rings. The summed E-state index contributed by atoms with van der Waals surface area (Å²) in [6.07, 6.45) is 4.80. The van der Waals surface area contributed by atoms with Crippen LogP contribution in [0, 0.1) is 11.8 Å². The van der Waals surface area contributed by atoms with Gasteiger partial charge in [-0.25, -0.2) is 0 Å². The van der Waals surface area contributed by atoms with Crippen molar-refractivity contribution < 1.29 is 14.3 Å². The first-order chi connectivity index (χ1) is 11.1. The summed E-state index contributed by atoms with van der Waals surface area (Å²) in [5.41, 5.74) is 1.63. The van der Waals surface area contributed by atoms with E-state index in [2.05, 4.69) is 5.32 Å². The van der Waals surface area contributed by atoms with Gasteiger partial charge in [0.1, 0.15) is 6.61 Å². The van der Waals surface area contributed by atoms with Crippen LogP contribution in [0.5, 0.6) is 0 Å². The molecular formula is C18H24N2O3. The number of nitrogens with zero attached hydrogens (tertiary/aromatic N) is 1. The van der Waals surface area contributed by atoms with Crippen molar-refractivity contribution in [1.29, 1.82) is 0 Å². The van der Waals surface area contributed by atoms with Crippen molar-refractivity contribution in [3.8, 4) is 0 Å². The fourth-order valence-corrected chi connectivity index (χ4v) is 3.44. The highest BCUT2D eigenvalue weighted by Gasteiger charge is 2.27. The molecule has 1 N–H and O–H groups in total. The standard InChI is InChI=1S/C18H24N2O3/c1-13(14-4-2-3-5-14)18(22)19-15-6-8-16(9-7-15)20-10-11-23-12-17(20)21/h6-9,13-14H,2-5,10-12H2,1H3,(H,19,22). The maximum atomic E-state index is 12.3. The molecule has 0 aromatic heterocycles. The number of anilines is 2. The molecule has 1 saturated carbocycles. The molecule has 1 atom stereocenters. The number of benzene rings is 1. The number of carbonyl (C=O) groups is 2. The van der Waals surface area contributed by atoms with Crippen molar-refractivity contribution >= 4 is 23.2 Å². The van der Waals surface area contributed by atoms with Crippen molar-refractivity contribution in [2.45, 2.75) is 32.6 Å². The van der Waals surface area contributed by atoms with E-state index in [0.29, 0.717) is 19.1 Å². The van der Waals surface area contributed by atoms with Crippen LogP contribution in [0.25, 0.3) is 0 Å². The molecule has 1 aromatic rings. The van der Waals surface area contributed by atoms with Gasteiger partial charge in [-0.2, -0.15) is 0 Å². The van der Waals surface area contributed by atoms with E-state index in [9.17, 15) is 9.59 Å². The first-order valence-corrected chi connectivity index (χ1v) is 8.44. The molecular weight excluding hydrogens is 292 g/mol. The third kappa shape index (κ3) is 3.72. The van der Waals surface area contributed by atoms with E-state index >= 15 is 0 Å². The summed E-state index contributed by atoms with van der Waals surface area (Å²) < 4.78 is 5.14. The molecule has 2 fully saturated rings. The summed E-state index contributed by atoms with van der Waals surface area (Å²) in [6.45, 7) is 3.29. The third-order valence-electron chi connectivity index (χ3n) is 4.95. The molecule has 1 aromatic carbocycles. The number of hydrogen-bond acceptors (Lipinski definition) is 3. The fourth-order valence-electron chi connectivity index (χ4n) is 3.44. The molecule has 124 valence electrons. The summed E-state index contributed by atoms with van der Waals surface area (Å²) in [4.78, 5) is 25.9. The summed E-state index contributed by atoms with van der Waals surface area (Å²) in [5.74, 6) is 0.633. The third-order valence-corrected chi connectivity index (χ3v) is 4.95. The summed E-state index contributed by atoms with van der Waals surface area (Å²) in [5, 5.41) is 2.99. The average molecular weight is 316 g/mol. The van der Waals surface area contributed by atoms with Gasteiger partial charge in [-0.05, 0) is 43.0 Å². The van der Waals surface area contributed by atoms with Crippen LogP contribution in [0.3, 0.4) is 0 Å². The second kappa shape index (κ2) is 7.13. The first-order valence-electron chi connectivity index (χ1n) is 8.44. The van der Waals surface area contributed by atoms with Gasteiger partial charge in [0, 0.05) is 23.8 Å². The summed E-state index contributed by atoms with van der Waals surface area (Å²) >= 11 is 0. The molecule has 5 heteroatoms. The Morgan fingerprint density at radius 2 is 1.96 bits per heavy atom. The van der Waals surface area contributed by atoms with Crippen LogP contribution >= 0.6 is 0 Å². The van der Waals surface area contributed by atoms with Crippen LogP contribution in [0.2, 0.25) is 0 Å². The largest absolute Gasteiger partial charge is 0.370 e. The quantitative estimate of drug-likeness (QED) is 0.929. The highest BCUT2D eigenvalue weighted by atomic mass is 16.5. The predicted octanol–water partition coefficient (Wildman–Crippen LogP) is 2.81. The van der Waals surface area contributed by atoms with E-state index in [-0.39, 0.29) is 24.3 Å². The van der Waals surface area contributed by atoms with E-state index in [1.54, 1.807) is 4.90 Å². The van der Waals surface area contributed by atoms with Gasteiger partial charge in [0.15, 0.2) is 0 Å². The van der Waals surface area contributed by atoms with Gasteiger partial charge in [-0.3, -0.25) is 9.59 Å². The molecule has 0 spiro atoms. The predicted molar refractivity (Wildman–Crippen MR) is 89.4 cm³/mol. The van der Waals surface area contributed by atoms with E-state index in [1.807, 2.05) is 31.2 Å². The monoisotopic (exact) mass is 316 g/mol. The van der Waals surface area contributed by atoms with E-state index in [1.165, 1.54) is 12.8 Å². The minimum absolute atomic E-state index is 0.0251. The Morgan fingerprint density at radius 1 is 1.26 bits per heavy atom. The fraction of sp³-hybridized carbons (Fsp3) is 0.556. The van der Waals surface area contributed by atoms with Gasteiger partial charge in [0.25, 0.3) is 5.91 Å². The van der Waals surface area contributed by atoms with Crippen molar-refractivity contribution in [1.82, 2.24) is 0 Å². The number of rotatable bonds is 4. The molecule has 23 heavy (non-hydrogen) atoms. The molecule has 1 heterocycles. The van der Waals surface area contributed by atoms with Gasteiger partial charge in [-0.1, -0.05) is 19.8 Å². The SMILES string of the molecule is CC(C(=O)Nc1ccc(N2CCOCC2=O)cc1)C1CCCC1. The van der Waals surface area contributed by atoms with Gasteiger partial charge in [0.2, 0.25) is 5.91 Å². The van der Waals surface area contributed by atoms with Crippen LogP contribution in [-0.4, -0.2) is 31.6 Å². The van der Waals surface area contributed by atoms with Crippen LogP contribution in [0.15, 0.2) is 24.3 Å². The van der Waals surface area contributed by atoms with Gasteiger partial charge >= 0.3 is 0 Å². The topological polar surface area (TPSA) is 58.6 Å². The van der Waals surface area contributed by atoms with Gasteiger partial charge in [-0.15, -0.1) is 0 Å². The zero-order chi connectivity index (χ0) is 16.2. The summed E-state index contributed by atoms with van der Waals surface area (Å²) in [6, 6.07) is 7.47. The molecule has 1 saturated heterocycles. The Kier molecular flexibility index (Phi) is 4.96. The maximum Gasteiger partial charge on any atom is 0.253 e. The molecule has 1 unspecified atom stereocenters. The van der Waals surface area contributed by atoms with Crippen LogP contribution in [0.4, 0.5) is 11.4 Å². The minimum Gasteiger partial charge on any atom is -0.370 e. The molecule has 3 rings (SSSR count). The number of carbonyl (C=O) groups excluding carboxylic acids is 2. The van der Waals surface area contributed by atoms with E-state index < -0.39 is 0 Å². The van der Waals surface area contributed by atoms with Crippen molar-refractivity contribution in [2.75, 3.05) is 30.0 Å². The zero-order valence-corrected chi connectivity index (χ0v) is 13.6. The number of hydrogen-bond donors (Lipinski definition) is 1. The van der Waals surface area contributed by atoms with Gasteiger partial charge < -0.3 is 15.0 Å². The van der Waals surface area contributed by atoms with Crippen LogP contribution < -0.4 is 10.2 Å². The second-order valence-corrected chi connectivity index (χ2v) is 6.47. The van der Waals surface area contributed by atoms with E-state index in [4.69, 9.17) is 4.74 Å². The number of ether oxygens (including phenoxy) is 1. The highest BCUT2D eigenvalue weighted by Crippen LogP contribution is 2.32. The first kappa shape index (κ1) is 16.0. The lowest BCUT2D eigenvalue weighted by Crippen LogP contribution is -2.41. The normalized spacial score (nSPS) is 20.6. The maximum absolute atomic E-state index is 12.3. The minimum atomic E-state index is -0.0251. The van der Waals surface area contributed by atoms with Gasteiger partial charge in [0.05, 0.1) is 6.61 Å². The molecule has 1 aliphatic carbocycles. The highest BCUT2D eigenvalue weighted by molar-refractivity contribution is 5.96. The number of nitrogens with one attached hydrogen (secondary N) is 1. The average Bonchev–Trinajstić information content (AvgIpc) is 3.10. The van der Waals surface area contributed by atoms with Crippen molar-refractivity contribution in [2.24, 2.45) is 11.8 Å². The van der Waals surface area contributed by atoms with E-state index in [0.717, 1.165) is 24.2 Å². The lowest BCUT2D eigenvalue weighted by atomic mass is 9.92. The Labute approximate surface area is 137 Å². The Bertz CT molecular complexity index is 564. The summed E-state index contributed by atoms with van der Waals surface area (Å²) in [7, 11) is 0. The Morgan fingerprint density at radius 3 is 2.61 bits per heavy atom. The molecule has 0 radical (unpaired) electrons. The van der Waals surface area contributed by atoms with Crippen LogP contribution in [0.1, 0.15) is 32.6 Å². The molecule has 1 aliphatic heterocycles. The lowest BCUT2D eigenvalue weighted by Gasteiger charge is -2.27. The smallest absolute Gasteiger partial charge is 0.253 e.